The summed E-state index contributed by atoms with van der Waals surface area (Å²) in [7, 11) is 0. The van der Waals surface area contributed by atoms with Crippen molar-refractivity contribution in [3.8, 4) is 5.75 Å². The molecule has 4 rings (SSSR count). The summed E-state index contributed by atoms with van der Waals surface area (Å²) >= 11 is 5.86. The number of carbonyl (C=O) groups excluding carboxylic acids is 3. The van der Waals surface area contributed by atoms with Crippen LogP contribution in [0.15, 0.2) is 60.7 Å². The van der Waals surface area contributed by atoms with Crippen molar-refractivity contribution in [3.05, 3.63) is 71.3 Å². The Bertz CT molecular complexity index is 998. The number of nitrogens with zero attached hydrogens (tertiary/aromatic N) is 1. The minimum absolute atomic E-state index is 0.0237. The average molecular weight is 410 g/mol. The fourth-order valence-corrected chi connectivity index (χ4v) is 4.15. The third-order valence-electron chi connectivity index (χ3n) is 5.44. The van der Waals surface area contributed by atoms with Crippen molar-refractivity contribution in [2.45, 2.75) is 19.8 Å². The number of hydrogen-bond acceptors (Lipinski definition) is 4. The van der Waals surface area contributed by atoms with Gasteiger partial charge in [0.15, 0.2) is 0 Å². The summed E-state index contributed by atoms with van der Waals surface area (Å²) in [6.07, 6.45) is 4.63. The van der Waals surface area contributed by atoms with Crippen LogP contribution in [-0.2, 0) is 20.8 Å². The van der Waals surface area contributed by atoms with E-state index in [1.165, 1.54) is 4.90 Å². The van der Waals surface area contributed by atoms with Gasteiger partial charge in [0, 0.05) is 11.1 Å². The molecule has 2 aliphatic rings. The maximum absolute atomic E-state index is 12.9. The molecule has 1 aliphatic carbocycles. The number of carbonyl (C=O) groups is 3. The van der Waals surface area contributed by atoms with Gasteiger partial charge in [-0.2, -0.15) is 0 Å². The highest BCUT2D eigenvalue weighted by Crippen LogP contribution is 2.40. The summed E-state index contributed by atoms with van der Waals surface area (Å²) in [5, 5.41) is 0.597. The molecular weight excluding hydrogens is 390 g/mol. The van der Waals surface area contributed by atoms with Gasteiger partial charge in [0.2, 0.25) is 11.8 Å². The molecule has 5 nitrogen and oxygen atoms in total. The molecule has 2 aromatic rings. The predicted octanol–water partition coefficient (Wildman–Crippen LogP) is 4.19. The van der Waals surface area contributed by atoms with Crippen molar-refractivity contribution in [1.29, 1.82) is 0 Å². The second kappa shape index (κ2) is 7.84. The Hall–Kier alpha value is -2.92. The molecule has 0 saturated carbocycles. The standard InChI is InChI=1S/C23H20ClNO4/c1-14-4-2-7-19-21(14)23(28)25(22(19)27)17-5-3-6-18(13-17)29-20(26)12-15-8-10-16(24)11-9-15/h2-6,8-11,13-14,19,21H,7,12H2,1H3. The van der Waals surface area contributed by atoms with Crippen LogP contribution in [0, 0.1) is 17.8 Å². The van der Waals surface area contributed by atoms with Crippen molar-refractivity contribution >= 4 is 35.1 Å². The third kappa shape index (κ3) is 3.83. The fraction of sp³-hybridized carbons (Fsp3) is 0.261. The smallest absolute Gasteiger partial charge is 0.315 e. The van der Waals surface area contributed by atoms with E-state index in [0.29, 0.717) is 22.9 Å². The molecule has 0 aromatic heterocycles. The Kier molecular flexibility index (Phi) is 5.24. The highest BCUT2D eigenvalue weighted by atomic mass is 35.5. The Labute approximate surface area is 173 Å². The number of fused-ring (bicyclic) bond motifs is 1. The summed E-state index contributed by atoms with van der Waals surface area (Å²) in [6.45, 7) is 1.96. The molecule has 1 fully saturated rings. The molecular formula is C23H20ClNO4. The van der Waals surface area contributed by atoms with E-state index < -0.39 is 5.97 Å². The number of esters is 1. The number of anilines is 1. The van der Waals surface area contributed by atoms with Gasteiger partial charge in [0.05, 0.1) is 23.9 Å². The van der Waals surface area contributed by atoms with E-state index in [9.17, 15) is 14.4 Å². The van der Waals surface area contributed by atoms with Crippen LogP contribution in [0.2, 0.25) is 5.02 Å². The van der Waals surface area contributed by atoms with E-state index in [0.717, 1.165) is 5.56 Å². The van der Waals surface area contributed by atoms with Gasteiger partial charge in [-0.1, -0.05) is 48.9 Å². The van der Waals surface area contributed by atoms with Crippen LogP contribution in [0.1, 0.15) is 18.9 Å². The first-order valence-corrected chi connectivity index (χ1v) is 9.91. The minimum atomic E-state index is -0.435. The number of imide groups is 1. The fourth-order valence-electron chi connectivity index (χ4n) is 4.02. The molecule has 148 valence electrons. The number of ether oxygens (including phenoxy) is 1. The molecule has 0 N–H and O–H groups in total. The van der Waals surface area contributed by atoms with E-state index in [1.54, 1.807) is 48.5 Å². The Morgan fingerprint density at radius 2 is 1.90 bits per heavy atom. The first-order chi connectivity index (χ1) is 13.9. The van der Waals surface area contributed by atoms with Gasteiger partial charge in [-0.15, -0.1) is 0 Å². The zero-order chi connectivity index (χ0) is 20.5. The van der Waals surface area contributed by atoms with E-state index in [4.69, 9.17) is 16.3 Å². The van der Waals surface area contributed by atoms with Gasteiger partial charge in [0.1, 0.15) is 5.75 Å². The second-order valence-electron chi connectivity index (χ2n) is 7.44. The van der Waals surface area contributed by atoms with E-state index in [-0.39, 0.29) is 36.0 Å². The zero-order valence-electron chi connectivity index (χ0n) is 15.9. The van der Waals surface area contributed by atoms with Gasteiger partial charge < -0.3 is 4.74 Å². The van der Waals surface area contributed by atoms with Crippen LogP contribution in [-0.4, -0.2) is 17.8 Å². The zero-order valence-corrected chi connectivity index (χ0v) is 16.6. The van der Waals surface area contributed by atoms with Crippen LogP contribution >= 0.6 is 11.6 Å². The molecule has 0 bridgehead atoms. The first kappa shape index (κ1) is 19.4. The van der Waals surface area contributed by atoms with Crippen molar-refractivity contribution < 1.29 is 19.1 Å². The van der Waals surface area contributed by atoms with Gasteiger partial charge in [-0.25, -0.2) is 4.90 Å². The maximum Gasteiger partial charge on any atom is 0.315 e. The molecule has 1 aliphatic heterocycles. The molecule has 1 heterocycles. The molecule has 3 unspecified atom stereocenters. The Morgan fingerprint density at radius 1 is 1.14 bits per heavy atom. The molecule has 2 aromatic carbocycles. The number of halogens is 1. The monoisotopic (exact) mass is 409 g/mol. The molecule has 2 amide bonds. The largest absolute Gasteiger partial charge is 0.426 e. The van der Waals surface area contributed by atoms with Crippen LogP contribution in [0.5, 0.6) is 5.75 Å². The lowest BCUT2D eigenvalue weighted by Crippen LogP contribution is -2.31. The Balaban J connectivity index is 1.50. The molecule has 0 spiro atoms. The quantitative estimate of drug-likeness (QED) is 0.329. The summed E-state index contributed by atoms with van der Waals surface area (Å²) in [6, 6.07) is 13.5. The molecule has 1 saturated heterocycles. The van der Waals surface area contributed by atoms with Gasteiger partial charge in [0.25, 0.3) is 0 Å². The number of rotatable bonds is 4. The van der Waals surface area contributed by atoms with E-state index in [2.05, 4.69) is 0 Å². The van der Waals surface area contributed by atoms with Crippen molar-refractivity contribution in [1.82, 2.24) is 0 Å². The maximum atomic E-state index is 12.9. The lowest BCUT2D eigenvalue weighted by molar-refractivity contribution is -0.133. The lowest BCUT2D eigenvalue weighted by atomic mass is 9.78. The van der Waals surface area contributed by atoms with E-state index in [1.807, 2.05) is 19.1 Å². The molecule has 29 heavy (non-hydrogen) atoms. The SMILES string of the molecule is CC1C=CCC2C(=O)N(c3cccc(OC(=O)Cc4ccc(Cl)cc4)c3)C(=O)C12. The minimum Gasteiger partial charge on any atom is -0.426 e. The molecule has 0 radical (unpaired) electrons. The van der Waals surface area contributed by atoms with Crippen molar-refractivity contribution in [2.75, 3.05) is 4.90 Å². The topological polar surface area (TPSA) is 63.7 Å². The summed E-state index contributed by atoms with van der Waals surface area (Å²) in [5.74, 6) is -1.15. The van der Waals surface area contributed by atoms with Crippen LogP contribution < -0.4 is 9.64 Å². The summed E-state index contributed by atoms with van der Waals surface area (Å²) < 4.78 is 5.43. The molecule has 6 heteroatoms. The summed E-state index contributed by atoms with van der Waals surface area (Å²) in [4.78, 5) is 39.3. The van der Waals surface area contributed by atoms with Gasteiger partial charge in [-0.05, 0) is 42.2 Å². The summed E-state index contributed by atoms with van der Waals surface area (Å²) in [5.41, 5.74) is 1.21. The first-order valence-electron chi connectivity index (χ1n) is 9.53. The third-order valence-corrected chi connectivity index (χ3v) is 5.69. The molecule has 3 atom stereocenters. The van der Waals surface area contributed by atoms with Gasteiger partial charge >= 0.3 is 5.97 Å². The van der Waals surface area contributed by atoms with Crippen molar-refractivity contribution in [2.24, 2.45) is 17.8 Å². The van der Waals surface area contributed by atoms with Crippen LogP contribution in [0.4, 0.5) is 5.69 Å². The number of amides is 2. The Morgan fingerprint density at radius 3 is 2.62 bits per heavy atom. The van der Waals surface area contributed by atoms with Crippen LogP contribution in [0.25, 0.3) is 0 Å². The lowest BCUT2D eigenvalue weighted by Gasteiger charge is -2.22. The van der Waals surface area contributed by atoms with Gasteiger partial charge in [-0.3, -0.25) is 14.4 Å². The van der Waals surface area contributed by atoms with Crippen molar-refractivity contribution in [3.63, 3.8) is 0 Å². The highest BCUT2D eigenvalue weighted by Gasteiger charge is 2.50. The second-order valence-corrected chi connectivity index (χ2v) is 7.88. The number of allylic oxidation sites excluding steroid dienone is 2. The van der Waals surface area contributed by atoms with Crippen LogP contribution in [0.3, 0.4) is 0 Å². The number of benzene rings is 2. The normalized spacial score (nSPS) is 23.2. The average Bonchev–Trinajstić information content (AvgIpc) is 2.95. The highest BCUT2D eigenvalue weighted by molar-refractivity contribution is 6.30. The van der Waals surface area contributed by atoms with E-state index >= 15 is 0 Å². The predicted molar refractivity (Wildman–Crippen MR) is 110 cm³/mol. The number of hydrogen-bond donors (Lipinski definition) is 0.